The zero-order valence-corrected chi connectivity index (χ0v) is 9.27. The van der Waals surface area contributed by atoms with Gasteiger partial charge in [-0.2, -0.15) is 5.10 Å². The van der Waals surface area contributed by atoms with Gasteiger partial charge < -0.3 is 10.6 Å². The van der Waals surface area contributed by atoms with Gasteiger partial charge in [0, 0.05) is 19.1 Å². The van der Waals surface area contributed by atoms with Crippen molar-refractivity contribution in [1.82, 2.24) is 15.2 Å². The lowest BCUT2D eigenvalue weighted by molar-refractivity contribution is 0.504. The fourth-order valence-corrected chi connectivity index (χ4v) is 1.74. The maximum Gasteiger partial charge on any atom is 0.245 e. The van der Waals surface area contributed by atoms with E-state index >= 15 is 0 Å². The molecule has 0 aromatic carbocycles. The third-order valence-electron chi connectivity index (χ3n) is 2.69. The van der Waals surface area contributed by atoms with E-state index in [0.717, 1.165) is 43.3 Å². The monoisotopic (exact) mass is 207 g/mol. The predicted molar refractivity (Wildman–Crippen MR) is 58.8 cm³/mol. The van der Waals surface area contributed by atoms with Crippen molar-refractivity contribution in [1.29, 1.82) is 0 Å². The summed E-state index contributed by atoms with van der Waals surface area (Å²) in [6.45, 7) is 5.85. The molecule has 1 fully saturated rings. The van der Waals surface area contributed by atoms with E-state index in [4.69, 9.17) is 5.73 Å². The van der Waals surface area contributed by atoms with Crippen molar-refractivity contribution in [3.63, 3.8) is 0 Å². The molecule has 1 saturated heterocycles. The number of rotatable bonds is 3. The molecule has 5 nitrogen and oxygen atoms in total. The standard InChI is InChI=1S/C10H17N5/c1-3-8-9(4-2)13-14-10(12-8)15-5-7(11)6-15/h7H,3-6,11H2,1-2H3. The Morgan fingerprint density at radius 2 is 1.87 bits per heavy atom. The highest BCUT2D eigenvalue weighted by Crippen LogP contribution is 2.15. The fraction of sp³-hybridized carbons (Fsp3) is 0.700. The molecular weight excluding hydrogens is 190 g/mol. The van der Waals surface area contributed by atoms with Crippen molar-refractivity contribution in [2.75, 3.05) is 18.0 Å². The summed E-state index contributed by atoms with van der Waals surface area (Å²) in [5, 5.41) is 8.32. The summed E-state index contributed by atoms with van der Waals surface area (Å²) in [5.41, 5.74) is 7.78. The summed E-state index contributed by atoms with van der Waals surface area (Å²) in [6, 6.07) is 0.268. The largest absolute Gasteiger partial charge is 0.336 e. The van der Waals surface area contributed by atoms with Crippen molar-refractivity contribution in [2.45, 2.75) is 32.7 Å². The van der Waals surface area contributed by atoms with Crippen molar-refractivity contribution in [2.24, 2.45) is 5.73 Å². The van der Waals surface area contributed by atoms with Gasteiger partial charge in [-0.25, -0.2) is 4.98 Å². The van der Waals surface area contributed by atoms with Crippen LogP contribution in [0.15, 0.2) is 0 Å². The Morgan fingerprint density at radius 3 is 2.40 bits per heavy atom. The van der Waals surface area contributed by atoms with Crippen LogP contribution < -0.4 is 10.6 Å². The van der Waals surface area contributed by atoms with Gasteiger partial charge in [-0.15, -0.1) is 5.10 Å². The van der Waals surface area contributed by atoms with Crippen LogP contribution in [0.1, 0.15) is 25.2 Å². The Labute approximate surface area is 89.7 Å². The molecule has 0 atom stereocenters. The number of aromatic nitrogens is 3. The highest BCUT2D eigenvalue weighted by atomic mass is 15.4. The van der Waals surface area contributed by atoms with Gasteiger partial charge in [0.2, 0.25) is 5.95 Å². The van der Waals surface area contributed by atoms with Crippen LogP contribution in [0.5, 0.6) is 0 Å². The number of hydrogen-bond acceptors (Lipinski definition) is 5. The maximum atomic E-state index is 5.72. The maximum absolute atomic E-state index is 5.72. The summed E-state index contributed by atoms with van der Waals surface area (Å²) in [4.78, 5) is 6.58. The Morgan fingerprint density at radius 1 is 1.20 bits per heavy atom. The summed E-state index contributed by atoms with van der Waals surface area (Å²) in [5.74, 6) is 0.728. The first kappa shape index (κ1) is 10.3. The predicted octanol–water partition coefficient (Wildman–Crippen LogP) is 0.144. The Kier molecular flexibility index (Phi) is 2.81. The minimum atomic E-state index is 0.268. The highest BCUT2D eigenvalue weighted by molar-refractivity contribution is 5.35. The van der Waals surface area contributed by atoms with E-state index in [0.29, 0.717) is 0 Å². The molecule has 0 spiro atoms. The van der Waals surface area contributed by atoms with E-state index in [2.05, 4.69) is 33.9 Å². The van der Waals surface area contributed by atoms with Gasteiger partial charge in [-0.3, -0.25) is 0 Å². The van der Waals surface area contributed by atoms with Gasteiger partial charge in [0.25, 0.3) is 0 Å². The van der Waals surface area contributed by atoms with Crippen LogP contribution in [-0.4, -0.2) is 34.3 Å². The van der Waals surface area contributed by atoms with Gasteiger partial charge in [0.1, 0.15) is 0 Å². The number of aryl methyl sites for hydroxylation is 2. The van der Waals surface area contributed by atoms with Crippen LogP contribution in [0.25, 0.3) is 0 Å². The quantitative estimate of drug-likeness (QED) is 0.763. The Bertz CT molecular complexity index is 346. The van der Waals surface area contributed by atoms with E-state index in [-0.39, 0.29) is 6.04 Å². The lowest BCUT2D eigenvalue weighted by Crippen LogP contribution is -2.56. The van der Waals surface area contributed by atoms with Crippen LogP contribution in [-0.2, 0) is 12.8 Å². The van der Waals surface area contributed by atoms with Crippen LogP contribution >= 0.6 is 0 Å². The van der Waals surface area contributed by atoms with E-state index in [1.54, 1.807) is 0 Å². The second-order valence-electron chi connectivity index (χ2n) is 3.88. The minimum Gasteiger partial charge on any atom is -0.336 e. The van der Waals surface area contributed by atoms with Gasteiger partial charge in [0.05, 0.1) is 11.4 Å². The molecule has 0 unspecified atom stereocenters. The van der Waals surface area contributed by atoms with Gasteiger partial charge in [0.15, 0.2) is 0 Å². The minimum absolute atomic E-state index is 0.268. The second kappa shape index (κ2) is 4.10. The fourth-order valence-electron chi connectivity index (χ4n) is 1.74. The molecule has 82 valence electrons. The average Bonchev–Trinajstić information content (AvgIpc) is 2.24. The lowest BCUT2D eigenvalue weighted by atomic mass is 10.1. The molecule has 5 heteroatoms. The SMILES string of the molecule is CCc1nnc(N2CC(N)C2)nc1CC. The molecule has 0 amide bonds. The van der Waals surface area contributed by atoms with Crippen LogP contribution in [0.3, 0.4) is 0 Å². The van der Waals surface area contributed by atoms with Crippen LogP contribution in [0.2, 0.25) is 0 Å². The molecule has 0 bridgehead atoms. The number of nitrogens with two attached hydrogens (primary N) is 1. The van der Waals surface area contributed by atoms with E-state index in [1.165, 1.54) is 0 Å². The molecule has 2 rings (SSSR count). The Hall–Kier alpha value is -1.23. The summed E-state index contributed by atoms with van der Waals surface area (Å²) in [6.07, 6.45) is 1.80. The molecular formula is C10H17N5. The molecule has 2 heterocycles. The first-order chi connectivity index (χ1) is 7.24. The van der Waals surface area contributed by atoms with Crippen molar-refractivity contribution >= 4 is 5.95 Å². The molecule has 0 aliphatic carbocycles. The third kappa shape index (κ3) is 1.92. The van der Waals surface area contributed by atoms with Gasteiger partial charge >= 0.3 is 0 Å². The molecule has 1 aliphatic heterocycles. The van der Waals surface area contributed by atoms with Crippen molar-refractivity contribution in [3.05, 3.63) is 11.4 Å². The number of hydrogen-bond donors (Lipinski definition) is 1. The first-order valence-electron chi connectivity index (χ1n) is 5.47. The molecule has 0 radical (unpaired) electrons. The summed E-state index contributed by atoms with van der Waals surface area (Å²) < 4.78 is 0. The second-order valence-corrected chi connectivity index (χ2v) is 3.88. The molecule has 2 N–H and O–H groups in total. The third-order valence-corrected chi connectivity index (χ3v) is 2.69. The highest BCUT2D eigenvalue weighted by Gasteiger charge is 2.26. The first-order valence-corrected chi connectivity index (χ1v) is 5.47. The number of anilines is 1. The molecule has 1 aliphatic rings. The Balaban J connectivity index is 2.19. The average molecular weight is 207 g/mol. The molecule has 1 aromatic heterocycles. The smallest absolute Gasteiger partial charge is 0.245 e. The zero-order valence-electron chi connectivity index (χ0n) is 9.27. The summed E-state index contributed by atoms with van der Waals surface area (Å²) in [7, 11) is 0. The summed E-state index contributed by atoms with van der Waals surface area (Å²) >= 11 is 0. The molecule has 0 saturated carbocycles. The molecule has 15 heavy (non-hydrogen) atoms. The van der Waals surface area contributed by atoms with Crippen LogP contribution in [0, 0.1) is 0 Å². The van der Waals surface area contributed by atoms with Crippen molar-refractivity contribution in [3.8, 4) is 0 Å². The van der Waals surface area contributed by atoms with E-state index < -0.39 is 0 Å². The number of nitrogens with zero attached hydrogens (tertiary/aromatic N) is 4. The molecule has 1 aromatic rings. The van der Waals surface area contributed by atoms with Gasteiger partial charge in [-0.05, 0) is 12.8 Å². The van der Waals surface area contributed by atoms with Crippen molar-refractivity contribution < 1.29 is 0 Å². The normalized spacial score (nSPS) is 16.6. The van der Waals surface area contributed by atoms with E-state index in [9.17, 15) is 0 Å². The van der Waals surface area contributed by atoms with E-state index in [1.807, 2.05) is 0 Å². The van der Waals surface area contributed by atoms with Crippen LogP contribution in [0.4, 0.5) is 5.95 Å². The topological polar surface area (TPSA) is 67.9 Å². The van der Waals surface area contributed by atoms with Gasteiger partial charge in [-0.1, -0.05) is 13.8 Å². The lowest BCUT2D eigenvalue weighted by Gasteiger charge is -2.36. The zero-order chi connectivity index (χ0) is 10.8.